The van der Waals surface area contributed by atoms with Crippen LogP contribution in [0.2, 0.25) is 0 Å². The smallest absolute Gasteiger partial charge is 0.349 e. The molecule has 16 heavy (non-hydrogen) atoms. The summed E-state index contributed by atoms with van der Waals surface area (Å²) in [4.78, 5) is 22.5. The van der Waals surface area contributed by atoms with E-state index in [1.165, 1.54) is 0 Å². The summed E-state index contributed by atoms with van der Waals surface area (Å²) in [5.74, 6) is -1.46. The topological polar surface area (TPSA) is 72.8 Å². The molecule has 5 heteroatoms. The summed E-state index contributed by atoms with van der Waals surface area (Å²) in [6, 6.07) is 8.19. The Bertz CT molecular complexity index is 360. The van der Waals surface area contributed by atoms with Crippen molar-refractivity contribution in [2.45, 2.75) is 6.10 Å². The van der Waals surface area contributed by atoms with Gasteiger partial charge in [-0.2, -0.15) is 0 Å². The first-order valence-electron chi connectivity index (χ1n) is 4.63. The average molecular weight is 224 g/mol. The highest BCUT2D eigenvalue weighted by Gasteiger charge is 2.23. The van der Waals surface area contributed by atoms with Gasteiger partial charge in [0.2, 0.25) is 6.10 Å². The number of hydrogen-bond donors (Lipinski definition) is 1. The minimum absolute atomic E-state index is 0.310. The van der Waals surface area contributed by atoms with Crippen LogP contribution in [0.3, 0.4) is 0 Å². The molecular formula is C11H12O5. The van der Waals surface area contributed by atoms with E-state index in [1.54, 1.807) is 30.3 Å². The molecule has 0 radical (unpaired) electrons. The van der Waals surface area contributed by atoms with Crippen molar-refractivity contribution in [2.24, 2.45) is 0 Å². The quantitative estimate of drug-likeness (QED) is 0.748. The van der Waals surface area contributed by atoms with Crippen LogP contribution in [0.4, 0.5) is 0 Å². The Morgan fingerprint density at radius 3 is 2.44 bits per heavy atom. The number of hydrogen-bond acceptors (Lipinski definition) is 5. The van der Waals surface area contributed by atoms with Crippen LogP contribution in [0.5, 0.6) is 0 Å². The summed E-state index contributed by atoms with van der Waals surface area (Å²) in [6.45, 7) is -0.606. The normalized spacial score (nSPS) is 11.6. The van der Waals surface area contributed by atoms with Gasteiger partial charge in [-0.25, -0.2) is 9.59 Å². The predicted molar refractivity (Wildman–Crippen MR) is 54.7 cm³/mol. The van der Waals surface area contributed by atoms with Crippen LogP contribution in [-0.4, -0.2) is 36.9 Å². The number of esters is 2. The lowest BCUT2D eigenvalue weighted by Gasteiger charge is -2.12. The average Bonchev–Trinajstić information content (AvgIpc) is 2.35. The van der Waals surface area contributed by atoms with E-state index in [1.807, 2.05) is 0 Å². The zero-order chi connectivity index (χ0) is 12.0. The summed E-state index contributed by atoms with van der Waals surface area (Å²) in [6.07, 6.45) is -1.28. The second-order valence-electron chi connectivity index (χ2n) is 2.97. The van der Waals surface area contributed by atoms with E-state index < -0.39 is 24.6 Å². The van der Waals surface area contributed by atoms with E-state index in [2.05, 4.69) is 4.74 Å². The molecular weight excluding hydrogens is 212 g/mol. The van der Waals surface area contributed by atoms with E-state index in [9.17, 15) is 9.59 Å². The Balaban J connectivity index is 2.66. The van der Waals surface area contributed by atoms with Crippen molar-refractivity contribution in [3.05, 3.63) is 35.9 Å². The number of benzene rings is 1. The monoisotopic (exact) mass is 224 g/mol. The Kier molecular flexibility index (Phi) is 4.47. The Labute approximate surface area is 92.6 Å². The Morgan fingerprint density at radius 2 is 1.94 bits per heavy atom. The molecule has 0 aromatic heterocycles. The first kappa shape index (κ1) is 12.2. The van der Waals surface area contributed by atoms with Crippen molar-refractivity contribution in [1.82, 2.24) is 0 Å². The number of carbonyl (C=O) groups excluding carboxylic acids is 2. The molecule has 1 atom stereocenters. The van der Waals surface area contributed by atoms with Gasteiger partial charge in [0.05, 0.1) is 19.3 Å². The van der Waals surface area contributed by atoms with E-state index in [0.29, 0.717) is 5.56 Å². The molecule has 5 nitrogen and oxygen atoms in total. The standard InChI is InChI=1S/C11H12O5/c1-15-11(14)9(7-12)16-10(13)8-5-3-2-4-6-8/h2-6,9,12H,7H2,1H3/t9-/m1/s1. The lowest BCUT2D eigenvalue weighted by molar-refractivity contribution is -0.152. The summed E-state index contributed by atoms with van der Waals surface area (Å²) in [5, 5.41) is 8.85. The van der Waals surface area contributed by atoms with Crippen molar-refractivity contribution >= 4 is 11.9 Å². The summed E-state index contributed by atoms with van der Waals surface area (Å²) < 4.78 is 9.14. The third-order valence-electron chi connectivity index (χ3n) is 1.89. The largest absolute Gasteiger partial charge is 0.466 e. The fraction of sp³-hybridized carbons (Fsp3) is 0.273. The van der Waals surface area contributed by atoms with Gasteiger partial charge in [-0.1, -0.05) is 18.2 Å². The molecule has 0 heterocycles. The fourth-order valence-corrected chi connectivity index (χ4v) is 1.06. The van der Waals surface area contributed by atoms with Crippen molar-refractivity contribution < 1.29 is 24.2 Å². The van der Waals surface area contributed by atoms with Crippen molar-refractivity contribution in [3.63, 3.8) is 0 Å². The molecule has 0 aliphatic heterocycles. The van der Waals surface area contributed by atoms with Gasteiger partial charge in [-0.15, -0.1) is 0 Å². The highest BCUT2D eigenvalue weighted by molar-refractivity contribution is 5.91. The number of aliphatic hydroxyl groups excluding tert-OH is 1. The lowest BCUT2D eigenvalue weighted by Crippen LogP contribution is -2.31. The van der Waals surface area contributed by atoms with Crippen LogP contribution >= 0.6 is 0 Å². The molecule has 0 aliphatic rings. The third kappa shape index (κ3) is 3.06. The van der Waals surface area contributed by atoms with E-state index in [-0.39, 0.29) is 0 Å². The highest BCUT2D eigenvalue weighted by Crippen LogP contribution is 2.04. The summed E-state index contributed by atoms with van der Waals surface area (Å²) in [7, 11) is 1.15. The minimum atomic E-state index is -1.28. The molecule has 0 bridgehead atoms. The van der Waals surface area contributed by atoms with Crippen LogP contribution in [0.25, 0.3) is 0 Å². The molecule has 0 aliphatic carbocycles. The van der Waals surface area contributed by atoms with Crippen LogP contribution in [0.15, 0.2) is 30.3 Å². The molecule has 1 N–H and O–H groups in total. The van der Waals surface area contributed by atoms with Crippen LogP contribution < -0.4 is 0 Å². The molecule has 0 saturated carbocycles. The number of carbonyl (C=O) groups is 2. The van der Waals surface area contributed by atoms with E-state index >= 15 is 0 Å². The van der Waals surface area contributed by atoms with Gasteiger partial charge in [0.1, 0.15) is 0 Å². The van der Waals surface area contributed by atoms with Gasteiger partial charge in [0, 0.05) is 0 Å². The molecule has 0 amide bonds. The van der Waals surface area contributed by atoms with Crippen LogP contribution in [0, 0.1) is 0 Å². The maximum Gasteiger partial charge on any atom is 0.349 e. The zero-order valence-electron chi connectivity index (χ0n) is 8.75. The molecule has 1 rings (SSSR count). The van der Waals surface area contributed by atoms with Gasteiger partial charge in [0.25, 0.3) is 0 Å². The molecule has 86 valence electrons. The van der Waals surface area contributed by atoms with Crippen molar-refractivity contribution in [3.8, 4) is 0 Å². The van der Waals surface area contributed by atoms with E-state index in [0.717, 1.165) is 7.11 Å². The number of aliphatic hydroxyl groups is 1. The van der Waals surface area contributed by atoms with Gasteiger partial charge >= 0.3 is 11.9 Å². The molecule has 0 fully saturated rings. The summed E-state index contributed by atoms with van der Waals surface area (Å²) >= 11 is 0. The van der Waals surface area contributed by atoms with Gasteiger partial charge in [0.15, 0.2) is 0 Å². The maximum atomic E-state index is 11.5. The maximum absolute atomic E-state index is 11.5. The van der Waals surface area contributed by atoms with Gasteiger partial charge in [-0.3, -0.25) is 0 Å². The highest BCUT2D eigenvalue weighted by atomic mass is 16.6. The minimum Gasteiger partial charge on any atom is -0.466 e. The second kappa shape index (κ2) is 5.87. The first-order valence-corrected chi connectivity index (χ1v) is 4.63. The van der Waals surface area contributed by atoms with Crippen LogP contribution in [-0.2, 0) is 14.3 Å². The van der Waals surface area contributed by atoms with E-state index in [4.69, 9.17) is 9.84 Å². The van der Waals surface area contributed by atoms with Crippen molar-refractivity contribution in [2.75, 3.05) is 13.7 Å². The lowest BCUT2D eigenvalue weighted by atomic mass is 10.2. The second-order valence-corrected chi connectivity index (χ2v) is 2.97. The Morgan fingerprint density at radius 1 is 1.31 bits per heavy atom. The molecule has 0 spiro atoms. The molecule has 1 aromatic rings. The zero-order valence-corrected chi connectivity index (χ0v) is 8.75. The SMILES string of the molecule is COC(=O)[C@@H](CO)OC(=O)c1ccccc1. The van der Waals surface area contributed by atoms with Gasteiger partial charge in [-0.05, 0) is 12.1 Å². The first-order chi connectivity index (χ1) is 7.69. The number of rotatable bonds is 4. The van der Waals surface area contributed by atoms with Crippen molar-refractivity contribution in [1.29, 1.82) is 0 Å². The number of methoxy groups -OCH3 is 1. The Hall–Kier alpha value is -1.88. The summed E-state index contributed by atoms with van der Waals surface area (Å²) in [5.41, 5.74) is 0.310. The third-order valence-corrected chi connectivity index (χ3v) is 1.89. The molecule has 0 unspecified atom stereocenters. The van der Waals surface area contributed by atoms with Gasteiger partial charge < -0.3 is 14.6 Å². The fourth-order valence-electron chi connectivity index (χ4n) is 1.06. The predicted octanol–water partition coefficient (Wildman–Crippen LogP) is 0.377. The van der Waals surface area contributed by atoms with Crippen LogP contribution in [0.1, 0.15) is 10.4 Å². The molecule has 1 aromatic carbocycles. The number of ether oxygens (including phenoxy) is 2. The molecule has 0 saturated heterocycles.